The van der Waals surface area contributed by atoms with Crippen LogP contribution in [0.2, 0.25) is 0 Å². The number of hydrogen-bond donors (Lipinski definition) is 2. The Bertz CT molecular complexity index is 180. The first-order chi connectivity index (χ1) is 6.08. The molecule has 0 aliphatic carbocycles. The van der Waals surface area contributed by atoms with Crippen LogP contribution in [0.25, 0.3) is 0 Å². The van der Waals surface area contributed by atoms with Crippen LogP contribution in [0.3, 0.4) is 0 Å². The fraction of sp³-hybridized carbons (Fsp3) is 0.889. The van der Waals surface area contributed by atoms with Gasteiger partial charge in [-0.3, -0.25) is 10.3 Å². The summed E-state index contributed by atoms with van der Waals surface area (Å²) in [6.07, 6.45) is 1.28. The molecule has 13 heavy (non-hydrogen) atoms. The molecule has 1 aliphatic heterocycles. The molecule has 0 radical (unpaired) electrons. The molecule has 0 saturated carbocycles. The zero-order valence-corrected chi connectivity index (χ0v) is 8.58. The minimum absolute atomic E-state index is 0.258. The fourth-order valence-corrected chi connectivity index (χ4v) is 1.97. The molecule has 1 aliphatic rings. The average Bonchev–Trinajstić information content (AvgIpc) is 2.33. The molecule has 1 atom stereocenters. The van der Waals surface area contributed by atoms with Gasteiger partial charge < -0.3 is 10.6 Å². The second-order valence-corrected chi connectivity index (χ2v) is 4.14. The lowest BCUT2D eigenvalue weighted by atomic mass is 10.1. The highest BCUT2D eigenvalue weighted by Crippen LogP contribution is 2.14. The van der Waals surface area contributed by atoms with Crippen molar-refractivity contribution in [1.29, 1.82) is 5.41 Å². The molecule has 1 saturated heterocycles. The van der Waals surface area contributed by atoms with Crippen LogP contribution in [0.4, 0.5) is 0 Å². The summed E-state index contributed by atoms with van der Waals surface area (Å²) < 4.78 is 0. The number of likely N-dealkylation sites (tertiary alicyclic amines) is 1. The quantitative estimate of drug-likeness (QED) is 0.470. The second-order valence-electron chi connectivity index (χ2n) is 4.14. The number of rotatable bonds is 4. The van der Waals surface area contributed by atoms with E-state index >= 15 is 0 Å². The van der Waals surface area contributed by atoms with Crippen LogP contribution < -0.4 is 5.73 Å². The molecule has 1 unspecified atom stereocenters. The maximum Gasteiger partial charge on any atom is 0.105 e. The Labute approximate surface area is 80.2 Å². The first-order valence-electron chi connectivity index (χ1n) is 4.78. The lowest BCUT2D eigenvalue weighted by molar-refractivity contribution is 0.300. The van der Waals surface area contributed by atoms with E-state index in [0.717, 1.165) is 12.5 Å². The molecule has 4 nitrogen and oxygen atoms in total. The number of nitrogens with one attached hydrogen (secondary N) is 1. The van der Waals surface area contributed by atoms with E-state index in [-0.39, 0.29) is 5.84 Å². The van der Waals surface area contributed by atoms with Crippen molar-refractivity contribution < 1.29 is 0 Å². The summed E-state index contributed by atoms with van der Waals surface area (Å²) in [6.45, 7) is 4.05. The van der Waals surface area contributed by atoms with Crippen LogP contribution in [0.1, 0.15) is 6.42 Å². The molecular weight excluding hydrogens is 164 g/mol. The van der Waals surface area contributed by atoms with Crippen molar-refractivity contribution in [3.05, 3.63) is 0 Å². The van der Waals surface area contributed by atoms with Gasteiger partial charge in [-0.15, -0.1) is 0 Å². The monoisotopic (exact) mass is 184 g/mol. The van der Waals surface area contributed by atoms with E-state index in [0.29, 0.717) is 6.54 Å². The maximum atomic E-state index is 7.16. The van der Waals surface area contributed by atoms with Gasteiger partial charge in [-0.2, -0.15) is 0 Å². The molecule has 0 bridgehead atoms. The van der Waals surface area contributed by atoms with Gasteiger partial charge in [-0.25, -0.2) is 0 Å². The summed E-state index contributed by atoms with van der Waals surface area (Å²) in [6, 6.07) is 0. The molecule has 76 valence electrons. The predicted molar refractivity (Wildman–Crippen MR) is 55.0 cm³/mol. The highest BCUT2D eigenvalue weighted by molar-refractivity contribution is 5.78. The van der Waals surface area contributed by atoms with Crippen molar-refractivity contribution in [2.24, 2.45) is 11.7 Å². The number of nitrogens with two attached hydrogens (primary N) is 1. The summed E-state index contributed by atoms with van der Waals surface area (Å²) in [4.78, 5) is 4.48. The Morgan fingerprint density at radius 3 is 2.85 bits per heavy atom. The molecule has 1 heterocycles. The number of amidine groups is 1. The Morgan fingerprint density at radius 1 is 1.69 bits per heavy atom. The lowest BCUT2D eigenvalue weighted by Crippen LogP contribution is -2.34. The zero-order valence-electron chi connectivity index (χ0n) is 8.58. The van der Waals surface area contributed by atoms with Crippen LogP contribution in [0.5, 0.6) is 0 Å². The standard InChI is InChI=1S/C9H20N4/c1-12-4-3-8(5-12)6-13(2)7-9(10)11/h8H,3-7H2,1-2H3,(H3,10,11). The molecule has 3 N–H and O–H groups in total. The minimum Gasteiger partial charge on any atom is -0.387 e. The third-order valence-corrected chi connectivity index (χ3v) is 2.50. The van der Waals surface area contributed by atoms with Crippen molar-refractivity contribution >= 4 is 5.84 Å². The molecular formula is C9H20N4. The van der Waals surface area contributed by atoms with Crippen molar-refractivity contribution in [2.45, 2.75) is 6.42 Å². The third kappa shape index (κ3) is 3.74. The van der Waals surface area contributed by atoms with Crippen LogP contribution in [-0.4, -0.2) is 55.9 Å². The van der Waals surface area contributed by atoms with Crippen LogP contribution in [0.15, 0.2) is 0 Å². The molecule has 0 amide bonds. The zero-order chi connectivity index (χ0) is 9.84. The van der Waals surface area contributed by atoms with E-state index in [4.69, 9.17) is 11.1 Å². The topological polar surface area (TPSA) is 56.4 Å². The van der Waals surface area contributed by atoms with Gasteiger partial charge in [0, 0.05) is 13.1 Å². The van der Waals surface area contributed by atoms with Gasteiger partial charge >= 0.3 is 0 Å². The van der Waals surface area contributed by atoms with E-state index in [2.05, 4.69) is 16.8 Å². The molecule has 4 heteroatoms. The van der Waals surface area contributed by atoms with Crippen LogP contribution in [0, 0.1) is 11.3 Å². The molecule has 0 aromatic carbocycles. The lowest BCUT2D eigenvalue weighted by Gasteiger charge is -2.19. The Kier molecular flexibility index (Phi) is 3.69. The van der Waals surface area contributed by atoms with Crippen LogP contribution >= 0.6 is 0 Å². The van der Waals surface area contributed by atoms with E-state index in [9.17, 15) is 0 Å². The smallest absolute Gasteiger partial charge is 0.105 e. The van der Waals surface area contributed by atoms with E-state index in [1.54, 1.807) is 0 Å². The minimum atomic E-state index is 0.258. The molecule has 1 fully saturated rings. The summed E-state index contributed by atoms with van der Waals surface area (Å²) in [5.41, 5.74) is 5.33. The van der Waals surface area contributed by atoms with Gasteiger partial charge in [0.1, 0.15) is 5.84 Å². The van der Waals surface area contributed by atoms with Gasteiger partial charge in [0.2, 0.25) is 0 Å². The highest BCUT2D eigenvalue weighted by Gasteiger charge is 2.20. The van der Waals surface area contributed by atoms with E-state index in [1.807, 2.05) is 7.05 Å². The maximum absolute atomic E-state index is 7.16. The van der Waals surface area contributed by atoms with Crippen molar-refractivity contribution in [2.75, 3.05) is 40.3 Å². The van der Waals surface area contributed by atoms with Gasteiger partial charge in [0.05, 0.1) is 6.54 Å². The summed E-state index contributed by atoms with van der Waals surface area (Å²) in [5.74, 6) is 1.02. The first kappa shape index (κ1) is 10.5. The summed E-state index contributed by atoms with van der Waals surface area (Å²) in [7, 11) is 4.19. The third-order valence-electron chi connectivity index (χ3n) is 2.50. The normalized spacial score (nSPS) is 24.1. The number of hydrogen-bond acceptors (Lipinski definition) is 3. The highest BCUT2D eigenvalue weighted by atomic mass is 15.2. The average molecular weight is 184 g/mol. The summed E-state index contributed by atoms with van der Waals surface area (Å²) >= 11 is 0. The molecule has 1 rings (SSSR count). The second kappa shape index (κ2) is 4.58. The van der Waals surface area contributed by atoms with Gasteiger partial charge in [0.25, 0.3) is 0 Å². The van der Waals surface area contributed by atoms with Crippen molar-refractivity contribution in [1.82, 2.24) is 9.80 Å². The summed E-state index contributed by atoms with van der Waals surface area (Å²) in [5, 5.41) is 7.16. The Balaban J connectivity index is 2.20. The predicted octanol–water partition coefficient (Wildman–Crippen LogP) is -0.194. The molecule has 0 spiro atoms. The number of likely N-dealkylation sites (N-methyl/N-ethyl adjacent to an activating group) is 1. The first-order valence-corrected chi connectivity index (χ1v) is 4.78. The Morgan fingerprint density at radius 2 is 2.38 bits per heavy atom. The van der Waals surface area contributed by atoms with E-state index < -0.39 is 0 Å². The molecule has 0 aromatic rings. The van der Waals surface area contributed by atoms with Crippen LogP contribution in [-0.2, 0) is 0 Å². The van der Waals surface area contributed by atoms with Crippen molar-refractivity contribution in [3.8, 4) is 0 Å². The van der Waals surface area contributed by atoms with Crippen molar-refractivity contribution in [3.63, 3.8) is 0 Å². The van der Waals surface area contributed by atoms with Gasteiger partial charge in [-0.05, 0) is 33.0 Å². The molecule has 0 aromatic heterocycles. The SMILES string of the molecule is CN1CCC(CN(C)CC(=N)N)C1. The van der Waals surface area contributed by atoms with Gasteiger partial charge in [0.15, 0.2) is 0 Å². The largest absolute Gasteiger partial charge is 0.387 e. The Hall–Kier alpha value is -0.610. The van der Waals surface area contributed by atoms with E-state index in [1.165, 1.54) is 19.5 Å². The number of nitrogens with zero attached hydrogens (tertiary/aromatic N) is 2. The van der Waals surface area contributed by atoms with Gasteiger partial charge in [-0.1, -0.05) is 0 Å². The fourth-order valence-electron chi connectivity index (χ4n) is 1.97.